The number of anilines is 2. The number of nitrogens with two attached hydrogens (primary N) is 1. The van der Waals surface area contributed by atoms with E-state index in [0.717, 1.165) is 12.1 Å². The quantitative estimate of drug-likeness (QED) is 0.525. The Kier molecular flexibility index (Phi) is 7.37. The average molecular weight is 437 g/mol. The van der Waals surface area contributed by atoms with Gasteiger partial charge in [0.1, 0.15) is 17.5 Å². The number of alkyl halides is 3. The Morgan fingerprint density at radius 2 is 1.77 bits per heavy atom. The fourth-order valence-electron chi connectivity index (χ4n) is 2.72. The van der Waals surface area contributed by atoms with Crippen LogP contribution in [0.15, 0.2) is 42.5 Å². The Bertz CT molecular complexity index is 1060. The van der Waals surface area contributed by atoms with E-state index < -0.39 is 23.6 Å². The molecule has 0 saturated carbocycles. The van der Waals surface area contributed by atoms with Gasteiger partial charge in [-0.1, -0.05) is 26.0 Å². The minimum absolute atomic E-state index is 0.0335. The first-order valence-electron chi connectivity index (χ1n) is 9.57. The number of hydrogen-bond donors (Lipinski definition) is 2. The van der Waals surface area contributed by atoms with E-state index in [2.05, 4.69) is 15.4 Å². The molecule has 10 heteroatoms. The molecule has 3 N–H and O–H groups in total. The Labute approximate surface area is 177 Å². The molecular formula is C21H23F4N5O. The van der Waals surface area contributed by atoms with E-state index in [1.807, 2.05) is 13.8 Å². The van der Waals surface area contributed by atoms with E-state index in [1.54, 1.807) is 13.8 Å². The van der Waals surface area contributed by atoms with Gasteiger partial charge < -0.3 is 11.1 Å². The fraction of sp³-hybridized carbons (Fsp3) is 0.286. The number of nitrogens with one attached hydrogen (secondary N) is 1. The molecule has 0 atom stereocenters. The summed E-state index contributed by atoms with van der Waals surface area (Å²) >= 11 is 0. The molecule has 2 aromatic heterocycles. The molecule has 0 radical (unpaired) electrons. The van der Waals surface area contributed by atoms with Crippen LogP contribution in [0.4, 0.5) is 29.2 Å². The highest BCUT2D eigenvalue weighted by Gasteiger charge is 2.35. The first-order chi connectivity index (χ1) is 14.6. The zero-order valence-electron chi connectivity index (χ0n) is 17.5. The predicted octanol–water partition coefficient (Wildman–Crippen LogP) is 5.54. The molecule has 0 saturated heterocycles. The lowest BCUT2D eigenvalue weighted by Gasteiger charge is -2.13. The minimum atomic E-state index is -4.61. The molecule has 0 aliphatic carbocycles. The van der Waals surface area contributed by atoms with Gasteiger partial charge in [-0.2, -0.15) is 18.3 Å². The summed E-state index contributed by atoms with van der Waals surface area (Å²) < 4.78 is 54.1. The fourth-order valence-corrected chi connectivity index (χ4v) is 2.72. The number of benzene rings is 1. The van der Waals surface area contributed by atoms with Crippen molar-refractivity contribution in [2.45, 2.75) is 39.9 Å². The highest BCUT2D eigenvalue weighted by Crippen LogP contribution is 2.35. The molecule has 2 heterocycles. The van der Waals surface area contributed by atoms with Crippen molar-refractivity contribution in [1.82, 2.24) is 14.8 Å². The molecule has 0 aliphatic heterocycles. The third-order valence-electron chi connectivity index (χ3n) is 4.08. The highest BCUT2D eigenvalue weighted by molar-refractivity contribution is 6.04. The molecule has 0 unspecified atom stereocenters. The number of pyridine rings is 1. The van der Waals surface area contributed by atoms with Crippen molar-refractivity contribution in [3.8, 4) is 11.3 Å². The van der Waals surface area contributed by atoms with Crippen LogP contribution in [0, 0.1) is 5.82 Å². The second-order valence-corrected chi connectivity index (χ2v) is 6.51. The number of carbonyl (C=O) groups excluding carboxylic acids is 1. The van der Waals surface area contributed by atoms with Gasteiger partial charge in [-0.25, -0.2) is 9.37 Å². The van der Waals surface area contributed by atoms with Gasteiger partial charge in [-0.05, 0) is 44.2 Å². The number of aromatic nitrogens is 3. The summed E-state index contributed by atoms with van der Waals surface area (Å²) in [4.78, 5) is 16.2. The van der Waals surface area contributed by atoms with Crippen LogP contribution in [0.25, 0.3) is 11.3 Å². The molecule has 3 rings (SSSR count). The van der Waals surface area contributed by atoms with Crippen molar-refractivity contribution in [3.05, 3.63) is 59.5 Å². The van der Waals surface area contributed by atoms with Gasteiger partial charge in [0.05, 0.1) is 11.3 Å². The van der Waals surface area contributed by atoms with Crippen molar-refractivity contribution < 1.29 is 22.4 Å². The zero-order valence-corrected chi connectivity index (χ0v) is 17.5. The van der Waals surface area contributed by atoms with E-state index in [1.165, 1.54) is 35.0 Å². The van der Waals surface area contributed by atoms with E-state index >= 15 is 0 Å². The summed E-state index contributed by atoms with van der Waals surface area (Å²) in [6.45, 7) is 7.37. The Balaban J connectivity index is 0.00000166. The molecule has 0 bridgehead atoms. The maximum absolute atomic E-state index is 13.7. The number of carbonyl (C=O) groups is 1. The van der Waals surface area contributed by atoms with Gasteiger partial charge in [0, 0.05) is 11.6 Å². The number of rotatable bonds is 4. The highest BCUT2D eigenvalue weighted by atomic mass is 19.4. The lowest BCUT2D eigenvalue weighted by atomic mass is 10.1. The van der Waals surface area contributed by atoms with Gasteiger partial charge in [-0.3, -0.25) is 9.48 Å². The first kappa shape index (κ1) is 23.8. The second-order valence-electron chi connectivity index (χ2n) is 6.51. The summed E-state index contributed by atoms with van der Waals surface area (Å²) in [5.74, 6) is -1.50. The van der Waals surface area contributed by atoms with Crippen LogP contribution < -0.4 is 11.1 Å². The molecule has 3 aromatic rings. The van der Waals surface area contributed by atoms with E-state index in [-0.39, 0.29) is 34.5 Å². The molecule has 6 nitrogen and oxygen atoms in total. The van der Waals surface area contributed by atoms with Crippen molar-refractivity contribution in [2.24, 2.45) is 0 Å². The summed E-state index contributed by atoms with van der Waals surface area (Å²) in [6.07, 6.45) is -4.61. The van der Waals surface area contributed by atoms with Crippen LogP contribution in [-0.2, 0) is 6.18 Å². The topological polar surface area (TPSA) is 85.8 Å². The van der Waals surface area contributed by atoms with Crippen molar-refractivity contribution in [2.75, 3.05) is 11.1 Å². The van der Waals surface area contributed by atoms with Crippen molar-refractivity contribution in [3.63, 3.8) is 0 Å². The largest absolute Gasteiger partial charge is 0.435 e. The molecule has 0 spiro atoms. The lowest BCUT2D eigenvalue weighted by Crippen LogP contribution is -2.15. The number of amides is 1. The summed E-state index contributed by atoms with van der Waals surface area (Å²) in [7, 11) is 0. The van der Waals surface area contributed by atoms with E-state index in [9.17, 15) is 22.4 Å². The Hall–Kier alpha value is -3.43. The van der Waals surface area contributed by atoms with Crippen molar-refractivity contribution in [1.29, 1.82) is 0 Å². The lowest BCUT2D eigenvalue weighted by molar-refractivity contribution is -0.141. The smallest absolute Gasteiger partial charge is 0.383 e. The second kappa shape index (κ2) is 9.59. The van der Waals surface area contributed by atoms with Gasteiger partial charge in [0.15, 0.2) is 5.69 Å². The normalized spacial score (nSPS) is 11.1. The van der Waals surface area contributed by atoms with Crippen LogP contribution in [0.5, 0.6) is 0 Å². The molecule has 166 valence electrons. The molecule has 1 amide bonds. The number of hydrogen-bond acceptors (Lipinski definition) is 4. The summed E-state index contributed by atoms with van der Waals surface area (Å²) in [5.41, 5.74) is 5.08. The standard InChI is InChI=1S/C19H17F4N5O.C2H6/c1-10(2)28-14(9-15(27-28)19(21,22)23)12-7-8-16(25-17(12)24)26-18(29)11-5-3-4-6-13(11)20;1-2/h3-10H,1-2H3,(H3,24,25,26,29);1-2H3. The van der Waals surface area contributed by atoms with Gasteiger partial charge in [-0.15, -0.1) is 0 Å². The molecule has 31 heavy (non-hydrogen) atoms. The van der Waals surface area contributed by atoms with E-state index in [0.29, 0.717) is 0 Å². The van der Waals surface area contributed by atoms with Crippen LogP contribution in [0.3, 0.4) is 0 Å². The number of nitrogen functional groups attached to an aromatic ring is 1. The zero-order chi connectivity index (χ0) is 23.3. The number of nitrogens with zero attached hydrogens (tertiary/aromatic N) is 3. The molecule has 0 aliphatic rings. The van der Waals surface area contributed by atoms with Crippen LogP contribution >= 0.6 is 0 Å². The Morgan fingerprint density at radius 1 is 1.13 bits per heavy atom. The SMILES string of the molecule is CC.CC(C)n1nc(C(F)(F)F)cc1-c1ccc(NC(=O)c2ccccc2F)nc1N. The van der Waals surface area contributed by atoms with Crippen LogP contribution in [0.2, 0.25) is 0 Å². The van der Waals surface area contributed by atoms with Gasteiger partial charge >= 0.3 is 6.18 Å². The minimum Gasteiger partial charge on any atom is -0.383 e. The molecule has 0 fully saturated rings. The average Bonchev–Trinajstić information content (AvgIpc) is 3.16. The first-order valence-corrected chi connectivity index (χ1v) is 9.57. The molecular weight excluding hydrogens is 414 g/mol. The maximum atomic E-state index is 13.7. The summed E-state index contributed by atoms with van der Waals surface area (Å²) in [6, 6.07) is 8.74. The van der Waals surface area contributed by atoms with Crippen LogP contribution in [0.1, 0.15) is 49.8 Å². The third-order valence-corrected chi connectivity index (χ3v) is 4.08. The van der Waals surface area contributed by atoms with Gasteiger partial charge in [0.25, 0.3) is 5.91 Å². The van der Waals surface area contributed by atoms with Gasteiger partial charge in [0.2, 0.25) is 0 Å². The molecule has 1 aromatic carbocycles. The van der Waals surface area contributed by atoms with E-state index in [4.69, 9.17) is 5.73 Å². The monoisotopic (exact) mass is 437 g/mol. The predicted molar refractivity (Wildman–Crippen MR) is 111 cm³/mol. The third kappa shape index (κ3) is 5.39. The maximum Gasteiger partial charge on any atom is 0.435 e. The van der Waals surface area contributed by atoms with Crippen molar-refractivity contribution >= 4 is 17.5 Å². The Morgan fingerprint density at radius 3 is 2.32 bits per heavy atom. The van der Waals surface area contributed by atoms with Crippen LogP contribution in [-0.4, -0.2) is 20.7 Å². The summed E-state index contributed by atoms with van der Waals surface area (Å²) in [5, 5.41) is 6.03. The number of halogens is 4.